The number of aliphatic hydroxyl groups is 1. The van der Waals surface area contributed by atoms with E-state index in [9.17, 15) is 4.39 Å². The van der Waals surface area contributed by atoms with Gasteiger partial charge < -0.3 is 10.0 Å². The number of halogens is 1. The molecule has 2 rings (SSSR count). The second-order valence-corrected chi connectivity index (χ2v) is 5.39. The third-order valence-electron chi connectivity index (χ3n) is 3.92. The van der Waals surface area contributed by atoms with Crippen molar-refractivity contribution in [3.63, 3.8) is 0 Å². The number of unbranched alkanes of at least 4 members (excludes halogenated alkanes) is 2. The predicted octanol–water partition coefficient (Wildman–Crippen LogP) is 1.98. The van der Waals surface area contributed by atoms with Crippen LogP contribution in [0, 0.1) is 17.1 Å². The summed E-state index contributed by atoms with van der Waals surface area (Å²) in [5, 5.41) is 17.5. The highest BCUT2D eigenvalue weighted by Crippen LogP contribution is 2.21. The van der Waals surface area contributed by atoms with E-state index >= 15 is 0 Å². The third kappa shape index (κ3) is 4.42. The fourth-order valence-corrected chi connectivity index (χ4v) is 2.67. The first-order valence-corrected chi connectivity index (χ1v) is 7.52. The van der Waals surface area contributed by atoms with Crippen molar-refractivity contribution in [2.24, 2.45) is 0 Å². The summed E-state index contributed by atoms with van der Waals surface area (Å²) in [6.07, 6.45) is 3.03. The zero-order valence-electron chi connectivity index (χ0n) is 12.3. The minimum absolute atomic E-state index is 0.270. The maximum absolute atomic E-state index is 14.0. The lowest BCUT2D eigenvalue weighted by Crippen LogP contribution is -2.46. The number of hydrogen-bond donors (Lipinski definition) is 1. The Balaban J connectivity index is 1.82. The molecule has 1 aliphatic rings. The summed E-state index contributed by atoms with van der Waals surface area (Å²) >= 11 is 0. The molecule has 0 atom stereocenters. The second-order valence-electron chi connectivity index (χ2n) is 5.39. The van der Waals surface area contributed by atoms with Gasteiger partial charge in [0.2, 0.25) is 0 Å². The fourth-order valence-electron chi connectivity index (χ4n) is 2.67. The van der Waals surface area contributed by atoms with Gasteiger partial charge in [0.1, 0.15) is 5.82 Å². The molecule has 1 saturated heterocycles. The van der Waals surface area contributed by atoms with Crippen LogP contribution in [-0.2, 0) is 0 Å². The number of piperazine rings is 1. The lowest BCUT2D eigenvalue weighted by molar-refractivity contribution is 0.242. The van der Waals surface area contributed by atoms with Gasteiger partial charge in [0.25, 0.3) is 0 Å². The van der Waals surface area contributed by atoms with E-state index in [2.05, 4.69) is 4.90 Å². The first kappa shape index (κ1) is 15.7. The maximum Gasteiger partial charge on any atom is 0.147 e. The molecular formula is C16H22FN3O. The molecule has 0 saturated carbocycles. The largest absolute Gasteiger partial charge is 0.396 e. The van der Waals surface area contributed by atoms with Crippen LogP contribution in [0.1, 0.15) is 24.8 Å². The molecule has 114 valence electrons. The number of hydrogen-bond acceptors (Lipinski definition) is 4. The average Bonchev–Trinajstić information content (AvgIpc) is 2.52. The second kappa shape index (κ2) is 7.96. The number of aliphatic hydroxyl groups excluding tert-OH is 1. The molecule has 1 heterocycles. The van der Waals surface area contributed by atoms with Gasteiger partial charge in [0, 0.05) is 32.8 Å². The molecule has 1 N–H and O–H groups in total. The summed E-state index contributed by atoms with van der Waals surface area (Å²) in [4.78, 5) is 4.43. The van der Waals surface area contributed by atoms with E-state index < -0.39 is 0 Å². The minimum atomic E-state index is -0.314. The van der Waals surface area contributed by atoms with E-state index in [4.69, 9.17) is 10.4 Å². The van der Waals surface area contributed by atoms with Gasteiger partial charge in [-0.15, -0.1) is 0 Å². The smallest absolute Gasteiger partial charge is 0.147 e. The molecule has 0 unspecified atom stereocenters. The van der Waals surface area contributed by atoms with Crippen LogP contribution >= 0.6 is 0 Å². The molecule has 0 radical (unpaired) electrons. The van der Waals surface area contributed by atoms with Crippen molar-refractivity contribution in [2.75, 3.05) is 44.2 Å². The van der Waals surface area contributed by atoms with Crippen molar-refractivity contribution in [3.05, 3.63) is 29.6 Å². The first-order valence-electron chi connectivity index (χ1n) is 7.52. The fraction of sp³-hybridized carbons (Fsp3) is 0.562. The summed E-state index contributed by atoms with van der Waals surface area (Å²) in [7, 11) is 0. The summed E-state index contributed by atoms with van der Waals surface area (Å²) in [5.74, 6) is -0.314. The number of benzene rings is 1. The zero-order chi connectivity index (χ0) is 15.1. The molecule has 0 spiro atoms. The van der Waals surface area contributed by atoms with Gasteiger partial charge in [-0.25, -0.2) is 4.39 Å². The van der Waals surface area contributed by atoms with Crippen LogP contribution in [-0.4, -0.2) is 49.3 Å². The quantitative estimate of drug-likeness (QED) is 0.814. The predicted molar refractivity (Wildman–Crippen MR) is 80.7 cm³/mol. The summed E-state index contributed by atoms with van der Waals surface area (Å²) < 4.78 is 14.0. The minimum Gasteiger partial charge on any atom is -0.396 e. The highest BCUT2D eigenvalue weighted by atomic mass is 19.1. The molecule has 0 amide bonds. The Morgan fingerprint density at radius 2 is 1.90 bits per heavy atom. The lowest BCUT2D eigenvalue weighted by Gasteiger charge is -2.36. The SMILES string of the molecule is N#Cc1ccc(N2CCN(CCCCCO)CC2)c(F)c1. The number of nitrogens with zero attached hydrogens (tertiary/aromatic N) is 3. The monoisotopic (exact) mass is 291 g/mol. The molecule has 1 aromatic rings. The first-order chi connectivity index (χ1) is 10.2. The molecule has 0 bridgehead atoms. The lowest BCUT2D eigenvalue weighted by atomic mass is 10.1. The van der Waals surface area contributed by atoms with E-state index in [0.29, 0.717) is 11.3 Å². The van der Waals surface area contributed by atoms with Gasteiger partial charge in [-0.05, 0) is 44.0 Å². The van der Waals surface area contributed by atoms with E-state index in [1.807, 2.05) is 11.0 Å². The van der Waals surface area contributed by atoms with Gasteiger partial charge in [0.15, 0.2) is 0 Å². The summed E-state index contributed by atoms with van der Waals surface area (Å²) in [6, 6.07) is 6.62. The van der Waals surface area contributed by atoms with Gasteiger partial charge in [-0.3, -0.25) is 4.90 Å². The highest BCUT2D eigenvalue weighted by Gasteiger charge is 2.19. The van der Waals surface area contributed by atoms with Gasteiger partial charge in [-0.2, -0.15) is 5.26 Å². The van der Waals surface area contributed by atoms with Crippen LogP contribution in [0.4, 0.5) is 10.1 Å². The molecule has 0 aliphatic carbocycles. The summed E-state index contributed by atoms with van der Waals surface area (Å²) in [6.45, 7) is 4.79. The van der Waals surface area contributed by atoms with E-state index in [1.54, 1.807) is 12.1 Å². The number of anilines is 1. The molecule has 1 aromatic carbocycles. The Labute approximate surface area is 125 Å². The van der Waals surface area contributed by atoms with Crippen molar-refractivity contribution >= 4 is 5.69 Å². The average molecular weight is 291 g/mol. The number of nitriles is 1. The third-order valence-corrected chi connectivity index (χ3v) is 3.92. The van der Waals surface area contributed by atoms with Gasteiger partial charge in [-0.1, -0.05) is 0 Å². The molecule has 1 fully saturated rings. The molecular weight excluding hydrogens is 269 g/mol. The van der Waals surface area contributed by atoms with Gasteiger partial charge in [0.05, 0.1) is 17.3 Å². The maximum atomic E-state index is 14.0. The zero-order valence-corrected chi connectivity index (χ0v) is 12.3. The van der Waals surface area contributed by atoms with Crippen molar-refractivity contribution in [1.29, 1.82) is 5.26 Å². The Morgan fingerprint density at radius 1 is 1.14 bits per heavy atom. The molecule has 1 aliphatic heterocycles. The Kier molecular flexibility index (Phi) is 5.97. The standard InChI is InChI=1S/C16H22FN3O/c17-15-12-14(13-18)4-5-16(15)20-9-7-19(8-10-20)6-2-1-3-11-21/h4-5,12,21H,1-3,6-11H2. The van der Waals surface area contributed by atoms with Crippen LogP contribution in [0.3, 0.4) is 0 Å². The van der Waals surface area contributed by atoms with Crippen LogP contribution in [0.5, 0.6) is 0 Å². The van der Waals surface area contributed by atoms with E-state index in [-0.39, 0.29) is 12.4 Å². The van der Waals surface area contributed by atoms with Crippen LogP contribution in [0.2, 0.25) is 0 Å². The van der Waals surface area contributed by atoms with E-state index in [0.717, 1.165) is 52.0 Å². The molecule has 0 aromatic heterocycles. The van der Waals surface area contributed by atoms with Crippen molar-refractivity contribution in [1.82, 2.24) is 4.90 Å². The van der Waals surface area contributed by atoms with Crippen LogP contribution in [0.25, 0.3) is 0 Å². The highest BCUT2D eigenvalue weighted by molar-refractivity contribution is 5.51. The van der Waals surface area contributed by atoms with Crippen LogP contribution in [0.15, 0.2) is 18.2 Å². The topological polar surface area (TPSA) is 50.5 Å². The summed E-state index contributed by atoms with van der Waals surface area (Å²) in [5.41, 5.74) is 0.952. The number of rotatable bonds is 6. The molecule has 5 heteroatoms. The molecule has 21 heavy (non-hydrogen) atoms. The Bertz CT molecular complexity index is 493. The van der Waals surface area contributed by atoms with E-state index in [1.165, 1.54) is 6.07 Å². The van der Waals surface area contributed by atoms with Crippen molar-refractivity contribution < 1.29 is 9.50 Å². The van der Waals surface area contributed by atoms with Crippen LogP contribution < -0.4 is 4.90 Å². The molecule has 4 nitrogen and oxygen atoms in total. The van der Waals surface area contributed by atoms with Crippen molar-refractivity contribution in [2.45, 2.75) is 19.3 Å². The normalized spacial score (nSPS) is 16.0. The Hall–Kier alpha value is -1.64. The Morgan fingerprint density at radius 3 is 2.52 bits per heavy atom. The van der Waals surface area contributed by atoms with Gasteiger partial charge >= 0.3 is 0 Å². The van der Waals surface area contributed by atoms with Crippen molar-refractivity contribution in [3.8, 4) is 6.07 Å².